The second-order valence-electron chi connectivity index (χ2n) is 8.18. The first-order valence-electron chi connectivity index (χ1n) is 10.6. The maximum absolute atomic E-state index is 14.7. The first-order chi connectivity index (χ1) is 16.0. The maximum atomic E-state index is 14.7. The highest BCUT2D eigenvalue weighted by Crippen LogP contribution is 2.28. The Morgan fingerprint density at radius 3 is 2.61 bits per heavy atom. The van der Waals surface area contributed by atoms with Gasteiger partial charge in [-0.05, 0) is 42.7 Å². The Balaban J connectivity index is 1.79. The van der Waals surface area contributed by atoms with Crippen LogP contribution in [0.1, 0.15) is 42.9 Å². The smallest absolute Gasteiger partial charge is 0.320 e. The molecule has 2 aromatic heterocycles. The van der Waals surface area contributed by atoms with Crippen LogP contribution in [0, 0.1) is 23.0 Å². The van der Waals surface area contributed by atoms with Crippen molar-refractivity contribution in [2.45, 2.75) is 38.3 Å². The maximum Gasteiger partial charge on any atom is 0.337 e. The zero-order chi connectivity index (χ0) is 23.1. The number of fused-ring (bicyclic) bond motifs is 1. The standard InChI is InChI=1S/C24H19F2N5O2/c25-17-8-9-20(19(26)11-17)31-22-21(23(32)30(24(31)33)18-6-1-2-7-18)29(14-28-22)13-16-5-3-4-15(10-16)12-27/h3-5,8-11,14,18H,1-2,6-7,13H2. The van der Waals surface area contributed by atoms with Crippen LogP contribution in [-0.2, 0) is 6.54 Å². The van der Waals surface area contributed by atoms with Crippen molar-refractivity contribution in [3.05, 3.63) is 92.4 Å². The first kappa shape index (κ1) is 20.8. The SMILES string of the molecule is N#Cc1cccc(Cn2cnc3c2c(=O)n(C2CCCC2)c(=O)n3-c2ccc(F)cc2F)c1. The molecule has 33 heavy (non-hydrogen) atoms. The van der Waals surface area contributed by atoms with Gasteiger partial charge in [-0.15, -0.1) is 0 Å². The van der Waals surface area contributed by atoms with Gasteiger partial charge in [0.05, 0.1) is 23.6 Å². The van der Waals surface area contributed by atoms with Crippen molar-refractivity contribution >= 4 is 11.2 Å². The van der Waals surface area contributed by atoms with Crippen LogP contribution in [0.25, 0.3) is 16.9 Å². The van der Waals surface area contributed by atoms with Gasteiger partial charge in [0, 0.05) is 18.7 Å². The first-order valence-corrected chi connectivity index (χ1v) is 10.6. The molecular formula is C24H19F2N5O2. The van der Waals surface area contributed by atoms with Crippen molar-refractivity contribution in [3.63, 3.8) is 0 Å². The van der Waals surface area contributed by atoms with Crippen LogP contribution in [0.3, 0.4) is 0 Å². The predicted molar refractivity (Wildman–Crippen MR) is 117 cm³/mol. The molecule has 0 saturated heterocycles. The Labute approximate surface area is 186 Å². The number of imidazole rings is 1. The minimum Gasteiger partial charge on any atom is -0.320 e. The van der Waals surface area contributed by atoms with Crippen LogP contribution in [0.2, 0.25) is 0 Å². The number of nitrogens with zero attached hydrogens (tertiary/aromatic N) is 5. The molecule has 4 aromatic rings. The molecule has 0 aliphatic heterocycles. The van der Waals surface area contributed by atoms with Crippen LogP contribution in [-0.4, -0.2) is 18.7 Å². The fourth-order valence-corrected chi connectivity index (χ4v) is 4.57. The lowest BCUT2D eigenvalue weighted by atomic mass is 10.1. The molecule has 1 fully saturated rings. The van der Waals surface area contributed by atoms with Gasteiger partial charge in [-0.1, -0.05) is 25.0 Å². The molecule has 1 aliphatic carbocycles. The summed E-state index contributed by atoms with van der Waals surface area (Å²) in [6.07, 6.45) is 4.54. The van der Waals surface area contributed by atoms with Gasteiger partial charge in [-0.3, -0.25) is 9.36 Å². The van der Waals surface area contributed by atoms with E-state index in [-0.39, 0.29) is 29.4 Å². The zero-order valence-corrected chi connectivity index (χ0v) is 17.5. The normalized spacial score (nSPS) is 14.1. The number of halogens is 2. The van der Waals surface area contributed by atoms with E-state index in [0.29, 0.717) is 24.5 Å². The van der Waals surface area contributed by atoms with Gasteiger partial charge in [0.1, 0.15) is 11.6 Å². The molecule has 1 saturated carbocycles. The zero-order valence-electron chi connectivity index (χ0n) is 17.5. The highest BCUT2D eigenvalue weighted by molar-refractivity contribution is 5.72. The van der Waals surface area contributed by atoms with Crippen molar-refractivity contribution < 1.29 is 8.78 Å². The number of rotatable bonds is 4. The van der Waals surface area contributed by atoms with E-state index in [4.69, 9.17) is 0 Å². The van der Waals surface area contributed by atoms with E-state index in [9.17, 15) is 23.6 Å². The summed E-state index contributed by atoms with van der Waals surface area (Å²) in [5, 5.41) is 9.18. The molecule has 0 N–H and O–H groups in total. The lowest BCUT2D eigenvalue weighted by Gasteiger charge is -2.17. The average molecular weight is 447 g/mol. The van der Waals surface area contributed by atoms with E-state index in [1.54, 1.807) is 22.8 Å². The summed E-state index contributed by atoms with van der Waals surface area (Å²) in [5.41, 5.74) is 0.0383. The Hall–Kier alpha value is -4.06. The summed E-state index contributed by atoms with van der Waals surface area (Å²) in [5.74, 6) is -1.70. The summed E-state index contributed by atoms with van der Waals surface area (Å²) in [6.45, 7) is 0.232. The second kappa shape index (κ2) is 8.13. The van der Waals surface area contributed by atoms with Gasteiger partial charge in [0.15, 0.2) is 11.2 Å². The van der Waals surface area contributed by atoms with Crippen LogP contribution >= 0.6 is 0 Å². The van der Waals surface area contributed by atoms with Crippen LogP contribution < -0.4 is 11.2 Å². The highest BCUT2D eigenvalue weighted by atomic mass is 19.1. The molecule has 0 unspecified atom stereocenters. The van der Waals surface area contributed by atoms with Crippen molar-refractivity contribution in [2.24, 2.45) is 0 Å². The van der Waals surface area contributed by atoms with E-state index >= 15 is 0 Å². The Morgan fingerprint density at radius 2 is 1.88 bits per heavy atom. The lowest BCUT2D eigenvalue weighted by Crippen LogP contribution is -2.42. The number of hydrogen-bond acceptors (Lipinski definition) is 4. The minimum absolute atomic E-state index is 0.00110. The Bertz CT molecular complexity index is 1540. The van der Waals surface area contributed by atoms with E-state index in [1.165, 1.54) is 17.0 Å². The molecular weight excluding hydrogens is 428 g/mol. The number of hydrogen-bond donors (Lipinski definition) is 0. The van der Waals surface area contributed by atoms with E-state index in [1.807, 2.05) is 6.07 Å². The summed E-state index contributed by atoms with van der Waals surface area (Å²) in [4.78, 5) is 31.3. The van der Waals surface area contributed by atoms with Crippen LogP contribution in [0.4, 0.5) is 8.78 Å². The van der Waals surface area contributed by atoms with Crippen molar-refractivity contribution in [1.82, 2.24) is 18.7 Å². The topological polar surface area (TPSA) is 85.6 Å². The van der Waals surface area contributed by atoms with Gasteiger partial charge >= 0.3 is 5.69 Å². The molecule has 7 nitrogen and oxygen atoms in total. The average Bonchev–Trinajstić information content (AvgIpc) is 3.46. The molecule has 1 aliphatic rings. The molecule has 0 amide bonds. The second-order valence-corrected chi connectivity index (χ2v) is 8.18. The predicted octanol–water partition coefficient (Wildman–Crippen LogP) is 3.66. The molecule has 0 bridgehead atoms. The molecule has 166 valence electrons. The highest BCUT2D eigenvalue weighted by Gasteiger charge is 2.27. The Morgan fingerprint density at radius 1 is 1.09 bits per heavy atom. The van der Waals surface area contributed by atoms with E-state index < -0.39 is 22.9 Å². The summed E-state index contributed by atoms with van der Waals surface area (Å²) >= 11 is 0. The van der Waals surface area contributed by atoms with Crippen molar-refractivity contribution in [2.75, 3.05) is 0 Å². The molecule has 9 heteroatoms. The third-order valence-corrected chi connectivity index (χ3v) is 6.10. The van der Waals surface area contributed by atoms with Crippen LogP contribution in [0.15, 0.2) is 58.4 Å². The summed E-state index contributed by atoms with van der Waals surface area (Å²) < 4.78 is 32.1. The van der Waals surface area contributed by atoms with Gasteiger partial charge in [-0.25, -0.2) is 23.1 Å². The fraction of sp³-hybridized carbons (Fsp3) is 0.250. The third kappa shape index (κ3) is 3.53. The van der Waals surface area contributed by atoms with Gasteiger partial charge < -0.3 is 4.57 Å². The van der Waals surface area contributed by atoms with Gasteiger partial charge in [-0.2, -0.15) is 5.26 Å². The van der Waals surface area contributed by atoms with E-state index in [2.05, 4.69) is 11.1 Å². The minimum atomic E-state index is -0.925. The molecule has 2 heterocycles. The molecule has 0 spiro atoms. The van der Waals surface area contributed by atoms with Crippen molar-refractivity contribution in [3.8, 4) is 11.8 Å². The molecule has 0 atom stereocenters. The Kier molecular flexibility index (Phi) is 5.13. The van der Waals surface area contributed by atoms with Gasteiger partial charge in [0.2, 0.25) is 0 Å². The van der Waals surface area contributed by atoms with E-state index in [0.717, 1.165) is 29.0 Å². The quantitative estimate of drug-likeness (QED) is 0.478. The lowest BCUT2D eigenvalue weighted by molar-refractivity contribution is 0.472. The fourth-order valence-electron chi connectivity index (χ4n) is 4.57. The largest absolute Gasteiger partial charge is 0.337 e. The monoisotopic (exact) mass is 447 g/mol. The molecule has 2 aromatic carbocycles. The van der Waals surface area contributed by atoms with Crippen molar-refractivity contribution in [1.29, 1.82) is 5.26 Å². The molecule has 0 radical (unpaired) electrons. The molecule has 5 rings (SSSR count). The number of benzene rings is 2. The van der Waals surface area contributed by atoms with Crippen LogP contribution in [0.5, 0.6) is 0 Å². The number of nitriles is 1. The third-order valence-electron chi connectivity index (χ3n) is 6.10. The summed E-state index contributed by atoms with van der Waals surface area (Å²) in [6, 6.07) is 11.7. The summed E-state index contributed by atoms with van der Waals surface area (Å²) in [7, 11) is 0. The number of aromatic nitrogens is 4. The van der Waals surface area contributed by atoms with Gasteiger partial charge in [0.25, 0.3) is 5.56 Å².